The van der Waals surface area contributed by atoms with E-state index >= 15 is 0 Å². The van der Waals surface area contributed by atoms with Crippen molar-refractivity contribution in [3.8, 4) is 17.2 Å². The molecular formula is C29H26N2O5. The molecule has 4 rings (SSSR count). The predicted molar refractivity (Wildman–Crippen MR) is 136 cm³/mol. The van der Waals surface area contributed by atoms with E-state index in [1.165, 1.54) is 0 Å². The van der Waals surface area contributed by atoms with Gasteiger partial charge in [0.05, 0.1) is 5.56 Å². The van der Waals surface area contributed by atoms with Crippen LogP contribution < -0.4 is 25.1 Å². The van der Waals surface area contributed by atoms with Gasteiger partial charge in [-0.05, 0) is 54.1 Å². The highest BCUT2D eigenvalue weighted by Crippen LogP contribution is 2.19. The highest BCUT2D eigenvalue weighted by atomic mass is 16.5. The largest absolute Gasteiger partial charge is 0.490 e. The van der Waals surface area contributed by atoms with Crippen molar-refractivity contribution in [1.82, 2.24) is 10.9 Å². The van der Waals surface area contributed by atoms with E-state index in [2.05, 4.69) is 10.9 Å². The van der Waals surface area contributed by atoms with Crippen LogP contribution in [0.3, 0.4) is 0 Å². The van der Waals surface area contributed by atoms with Gasteiger partial charge in [-0.2, -0.15) is 0 Å². The second-order valence-corrected chi connectivity index (χ2v) is 7.71. The third kappa shape index (κ3) is 7.11. The molecule has 0 saturated heterocycles. The van der Waals surface area contributed by atoms with Gasteiger partial charge < -0.3 is 14.2 Å². The summed E-state index contributed by atoms with van der Waals surface area (Å²) >= 11 is 0. The highest BCUT2D eigenvalue weighted by Gasteiger charge is 2.14. The number of hydrazine groups is 1. The predicted octanol–water partition coefficient (Wildman–Crippen LogP) is 4.80. The Balaban J connectivity index is 1.24. The van der Waals surface area contributed by atoms with Crippen LogP contribution in [0.15, 0.2) is 109 Å². The summed E-state index contributed by atoms with van der Waals surface area (Å²) in [4.78, 5) is 25.2. The molecule has 2 N–H and O–H groups in total. The molecule has 0 heterocycles. The lowest BCUT2D eigenvalue weighted by molar-refractivity contribution is 0.0844. The van der Waals surface area contributed by atoms with Crippen molar-refractivity contribution in [2.75, 3.05) is 13.2 Å². The average Bonchev–Trinajstić information content (AvgIpc) is 2.94. The van der Waals surface area contributed by atoms with Gasteiger partial charge in [-0.25, -0.2) is 0 Å². The molecule has 0 aliphatic rings. The van der Waals surface area contributed by atoms with Gasteiger partial charge in [-0.15, -0.1) is 0 Å². The Morgan fingerprint density at radius 1 is 0.556 bits per heavy atom. The molecule has 7 heteroatoms. The molecule has 0 unspecified atom stereocenters. The molecule has 2 amide bonds. The number of hydrogen-bond acceptors (Lipinski definition) is 5. The number of benzene rings is 4. The molecule has 0 aromatic heterocycles. The second-order valence-electron chi connectivity index (χ2n) is 7.71. The number of para-hydroxylation sites is 2. The van der Waals surface area contributed by atoms with E-state index in [1.54, 1.807) is 48.5 Å². The van der Waals surface area contributed by atoms with Crippen molar-refractivity contribution in [2.45, 2.75) is 6.61 Å². The molecule has 4 aromatic carbocycles. The number of amides is 2. The minimum absolute atomic E-state index is 0.315. The van der Waals surface area contributed by atoms with E-state index in [4.69, 9.17) is 14.2 Å². The van der Waals surface area contributed by atoms with Gasteiger partial charge in [0.1, 0.15) is 37.1 Å². The zero-order chi connectivity index (χ0) is 25.0. The van der Waals surface area contributed by atoms with Gasteiger partial charge in [0.15, 0.2) is 0 Å². The van der Waals surface area contributed by atoms with Crippen LogP contribution in [0.2, 0.25) is 0 Å². The standard InChI is InChI=1S/C29H26N2O5/c32-28(23-15-17-25(18-16-23)35-20-19-34-24-11-5-2-6-12-24)30-31-29(33)26-13-7-8-14-27(26)36-21-22-9-3-1-4-10-22/h1-18H,19-21H2,(H,30,32)(H,31,33). The summed E-state index contributed by atoms with van der Waals surface area (Å²) in [7, 11) is 0. The Kier molecular flexibility index (Phi) is 8.53. The fourth-order valence-electron chi connectivity index (χ4n) is 3.31. The summed E-state index contributed by atoms with van der Waals surface area (Å²) in [5.41, 5.74) is 6.55. The topological polar surface area (TPSA) is 85.9 Å². The molecule has 36 heavy (non-hydrogen) atoms. The fraction of sp³-hybridized carbons (Fsp3) is 0.103. The first-order chi connectivity index (χ1) is 17.7. The molecule has 0 fully saturated rings. The zero-order valence-corrected chi connectivity index (χ0v) is 19.6. The van der Waals surface area contributed by atoms with Crippen LogP contribution >= 0.6 is 0 Å². The Morgan fingerprint density at radius 3 is 1.81 bits per heavy atom. The summed E-state index contributed by atoms with van der Waals surface area (Å²) < 4.78 is 17.1. The Morgan fingerprint density at radius 2 is 1.11 bits per heavy atom. The van der Waals surface area contributed by atoms with Gasteiger partial charge in [0, 0.05) is 5.56 Å². The lowest BCUT2D eigenvalue weighted by Crippen LogP contribution is -2.41. The molecule has 0 radical (unpaired) electrons. The van der Waals surface area contributed by atoms with Crippen LogP contribution in [-0.2, 0) is 6.61 Å². The van der Waals surface area contributed by atoms with Crippen LogP contribution in [0.25, 0.3) is 0 Å². The van der Waals surface area contributed by atoms with Crippen molar-refractivity contribution in [3.63, 3.8) is 0 Å². The van der Waals surface area contributed by atoms with E-state index in [-0.39, 0.29) is 0 Å². The first kappa shape index (κ1) is 24.3. The molecule has 0 aliphatic carbocycles. The maximum absolute atomic E-state index is 12.7. The Labute approximate surface area is 209 Å². The minimum Gasteiger partial charge on any atom is -0.490 e. The van der Waals surface area contributed by atoms with E-state index in [0.717, 1.165) is 11.3 Å². The summed E-state index contributed by atoms with van der Waals surface area (Å²) in [5.74, 6) is 0.874. The van der Waals surface area contributed by atoms with Gasteiger partial charge >= 0.3 is 0 Å². The number of nitrogens with one attached hydrogen (secondary N) is 2. The fourth-order valence-corrected chi connectivity index (χ4v) is 3.31. The van der Waals surface area contributed by atoms with E-state index in [1.807, 2.05) is 60.7 Å². The molecule has 4 aromatic rings. The number of rotatable bonds is 10. The Bertz CT molecular complexity index is 1260. The number of carbonyl (C=O) groups excluding carboxylic acids is 2. The van der Waals surface area contributed by atoms with E-state index in [0.29, 0.717) is 42.4 Å². The van der Waals surface area contributed by atoms with Gasteiger partial charge in [0.2, 0.25) is 0 Å². The first-order valence-corrected chi connectivity index (χ1v) is 11.5. The third-order valence-electron chi connectivity index (χ3n) is 5.14. The summed E-state index contributed by atoms with van der Waals surface area (Å²) in [5, 5.41) is 0. The van der Waals surface area contributed by atoms with Crippen LogP contribution in [-0.4, -0.2) is 25.0 Å². The smallest absolute Gasteiger partial charge is 0.273 e. The summed E-state index contributed by atoms with van der Waals surface area (Å²) in [6.45, 7) is 1.08. The number of hydrogen-bond donors (Lipinski definition) is 2. The van der Waals surface area contributed by atoms with E-state index in [9.17, 15) is 9.59 Å². The van der Waals surface area contributed by atoms with Gasteiger partial charge in [0.25, 0.3) is 11.8 Å². The normalized spacial score (nSPS) is 10.2. The molecule has 0 aliphatic heterocycles. The van der Waals surface area contributed by atoms with Crippen LogP contribution in [0.4, 0.5) is 0 Å². The van der Waals surface area contributed by atoms with Crippen molar-refractivity contribution >= 4 is 11.8 Å². The first-order valence-electron chi connectivity index (χ1n) is 11.5. The van der Waals surface area contributed by atoms with Gasteiger partial charge in [-0.1, -0.05) is 60.7 Å². The van der Waals surface area contributed by atoms with Crippen LogP contribution in [0.5, 0.6) is 17.2 Å². The molecule has 0 saturated carbocycles. The average molecular weight is 483 g/mol. The number of carbonyl (C=O) groups is 2. The van der Waals surface area contributed by atoms with Crippen molar-refractivity contribution < 1.29 is 23.8 Å². The molecule has 7 nitrogen and oxygen atoms in total. The van der Waals surface area contributed by atoms with Crippen molar-refractivity contribution in [1.29, 1.82) is 0 Å². The maximum atomic E-state index is 12.7. The third-order valence-corrected chi connectivity index (χ3v) is 5.14. The number of ether oxygens (including phenoxy) is 3. The molecule has 0 bridgehead atoms. The van der Waals surface area contributed by atoms with E-state index < -0.39 is 11.8 Å². The monoisotopic (exact) mass is 482 g/mol. The van der Waals surface area contributed by atoms with Crippen molar-refractivity contribution in [3.05, 3.63) is 126 Å². The zero-order valence-electron chi connectivity index (χ0n) is 19.6. The second kappa shape index (κ2) is 12.6. The van der Waals surface area contributed by atoms with Gasteiger partial charge in [-0.3, -0.25) is 20.4 Å². The Hall–Kier alpha value is -4.78. The molecular weight excluding hydrogens is 456 g/mol. The summed E-state index contributed by atoms with van der Waals surface area (Å²) in [6, 6.07) is 32.6. The lowest BCUT2D eigenvalue weighted by atomic mass is 10.2. The minimum atomic E-state index is -0.481. The SMILES string of the molecule is O=C(NNC(=O)c1ccccc1OCc1ccccc1)c1ccc(OCCOc2ccccc2)cc1. The summed E-state index contributed by atoms with van der Waals surface area (Å²) in [6.07, 6.45) is 0. The molecule has 182 valence electrons. The van der Waals surface area contributed by atoms with Crippen LogP contribution in [0, 0.1) is 0 Å². The van der Waals surface area contributed by atoms with Crippen LogP contribution in [0.1, 0.15) is 26.3 Å². The van der Waals surface area contributed by atoms with Crippen molar-refractivity contribution in [2.24, 2.45) is 0 Å². The highest BCUT2D eigenvalue weighted by molar-refractivity contribution is 6.00. The quantitative estimate of drug-likeness (QED) is 0.251. The molecule has 0 atom stereocenters. The lowest BCUT2D eigenvalue weighted by Gasteiger charge is -2.13. The maximum Gasteiger partial charge on any atom is 0.273 e. The molecule has 0 spiro atoms.